The van der Waals surface area contributed by atoms with Crippen molar-refractivity contribution in [3.05, 3.63) is 46.5 Å². The van der Waals surface area contributed by atoms with E-state index in [9.17, 15) is 0 Å². The van der Waals surface area contributed by atoms with Crippen LogP contribution in [-0.4, -0.2) is 21.3 Å². The van der Waals surface area contributed by atoms with E-state index in [1.165, 1.54) is 22.4 Å². The standard InChI is InChI=1S/C14H20N4/c1-10-6-13(8-16-7-10)9-18-12(3)14(4-5-15)11(2)17-18/h6-8H,4-5,9,15H2,1-3H3. The van der Waals surface area contributed by atoms with Crippen LogP contribution in [0.5, 0.6) is 0 Å². The summed E-state index contributed by atoms with van der Waals surface area (Å²) in [5.41, 5.74) is 11.6. The van der Waals surface area contributed by atoms with Gasteiger partial charge in [-0.2, -0.15) is 5.10 Å². The van der Waals surface area contributed by atoms with Gasteiger partial charge in [0.15, 0.2) is 0 Å². The first-order valence-corrected chi connectivity index (χ1v) is 6.25. The van der Waals surface area contributed by atoms with Crippen LogP contribution in [0.15, 0.2) is 18.5 Å². The predicted molar refractivity (Wildman–Crippen MR) is 72.5 cm³/mol. The average molecular weight is 244 g/mol. The molecule has 2 aromatic rings. The highest BCUT2D eigenvalue weighted by Gasteiger charge is 2.10. The molecular formula is C14H20N4. The lowest BCUT2D eigenvalue weighted by Gasteiger charge is -2.06. The summed E-state index contributed by atoms with van der Waals surface area (Å²) in [7, 11) is 0. The van der Waals surface area contributed by atoms with Gasteiger partial charge in [0.2, 0.25) is 0 Å². The summed E-state index contributed by atoms with van der Waals surface area (Å²) in [4.78, 5) is 4.21. The average Bonchev–Trinajstić information content (AvgIpc) is 2.57. The summed E-state index contributed by atoms with van der Waals surface area (Å²) in [6, 6.07) is 2.14. The van der Waals surface area contributed by atoms with Crippen molar-refractivity contribution < 1.29 is 0 Å². The fourth-order valence-corrected chi connectivity index (χ4v) is 2.27. The second-order valence-corrected chi connectivity index (χ2v) is 4.72. The van der Waals surface area contributed by atoms with E-state index in [4.69, 9.17) is 5.73 Å². The van der Waals surface area contributed by atoms with Gasteiger partial charge in [0, 0.05) is 18.1 Å². The van der Waals surface area contributed by atoms with Gasteiger partial charge in [0.25, 0.3) is 0 Å². The molecule has 18 heavy (non-hydrogen) atoms. The zero-order valence-electron chi connectivity index (χ0n) is 11.3. The molecule has 0 bridgehead atoms. The molecule has 0 atom stereocenters. The van der Waals surface area contributed by atoms with Crippen molar-refractivity contribution in [2.24, 2.45) is 5.73 Å². The number of hydrogen-bond donors (Lipinski definition) is 1. The molecule has 2 aromatic heterocycles. The highest BCUT2D eigenvalue weighted by Crippen LogP contribution is 2.15. The molecule has 0 amide bonds. The van der Waals surface area contributed by atoms with Crippen molar-refractivity contribution in [3.63, 3.8) is 0 Å². The van der Waals surface area contributed by atoms with Crippen molar-refractivity contribution in [1.82, 2.24) is 14.8 Å². The minimum atomic E-state index is 0.666. The third-order valence-electron chi connectivity index (χ3n) is 3.19. The van der Waals surface area contributed by atoms with Gasteiger partial charge in [-0.1, -0.05) is 6.07 Å². The minimum Gasteiger partial charge on any atom is -0.330 e. The van der Waals surface area contributed by atoms with E-state index in [0.29, 0.717) is 6.54 Å². The van der Waals surface area contributed by atoms with Crippen LogP contribution < -0.4 is 5.73 Å². The van der Waals surface area contributed by atoms with Gasteiger partial charge in [-0.15, -0.1) is 0 Å². The molecule has 0 spiro atoms. The van der Waals surface area contributed by atoms with Gasteiger partial charge in [0.05, 0.1) is 12.2 Å². The van der Waals surface area contributed by atoms with E-state index >= 15 is 0 Å². The lowest BCUT2D eigenvalue weighted by Crippen LogP contribution is -2.07. The van der Waals surface area contributed by atoms with Crippen molar-refractivity contribution in [2.45, 2.75) is 33.7 Å². The highest BCUT2D eigenvalue weighted by molar-refractivity contribution is 5.26. The van der Waals surface area contributed by atoms with E-state index in [1.807, 2.05) is 24.0 Å². The van der Waals surface area contributed by atoms with E-state index in [-0.39, 0.29) is 0 Å². The first-order valence-electron chi connectivity index (χ1n) is 6.25. The Morgan fingerprint density at radius 2 is 2.00 bits per heavy atom. The Morgan fingerprint density at radius 3 is 2.67 bits per heavy atom. The fraction of sp³-hybridized carbons (Fsp3) is 0.429. The molecule has 0 fully saturated rings. The Balaban J connectivity index is 2.27. The number of nitrogens with two attached hydrogens (primary N) is 1. The molecule has 0 saturated heterocycles. The largest absolute Gasteiger partial charge is 0.330 e. The Labute approximate surface area is 108 Å². The summed E-state index contributed by atoms with van der Waals surface area (Å²) < 4.78 is 2.04. The third-order valence-corrected chi connectivity index (χ3v) is 3.19. The van der Waals surface area contributed by atoms with Crippen molar-refractivity contribution >= 4 is 0 Å². The Hall–Kier alpha value is -1.68. The van der Waals surface area contributed by atoms with Crippen LogP contribution in [0.4, 0.5) is 0 Å². The molecule has 0 radical (unpaired) electrons. The minimum absolute atomic E-state index is 0.666. The Kier molecular flexibility index (Phi) is 3.77. The molecule has 0 aliphatic carbocycles. The molecular weight excluding hydrogens is 224 g/mol. The Bertz CT molecular complexity index is 543. The summed E-state index contributed by atoms with van der Waals surface area (Å²) >= 11 is 0. The maximum atomic E-state index is 5.63. The molecule has 4 nitrogen and oxygen atoms in total. The monoisotopic (exact) mass is 244 g/mol. The highest BCUT2D eigenvalue weighted by atomic mass is 15.3. The van der Waals surface area contributed by atoms with Gasteiger partial charge in [-0.25, -0.2) is 0 Å². The SMILES string of the molecule is Cc1cncc(Cn2nc(C)c(CCN)c2C)c1. The second-order valence-electron chi connectivity index (χ2n) is 4.72. The molecule has 2 rings (SSSR count). The summed E-state index contributed by atoms with van der Waals surface area (Å²) in [6.07, 6.45) is 4.65. The number of aryl methyl sites for hydroxylation is 2. The van der Waals surface area contributed by atoms with Crippen LogP contribution in [0.1, 0.15) is 28.1 Å². The van der Waals surface area contributed by atoms with E-state index in [0.717, 1.165) is 18.7 Å². The molecule has 0 aliphatic heterocycles. The molecule has 0 saturated carbocycles. The summed E-state index contributed by atoms with van der Waals surface area (Å²) in [6.45, 7) is 7.64. The first kappa shape index (κ1) is 12.8. The van der Waals surface area contributed by atoms with Crippen LogP contribution in [-0.2, 0) is 13.0 Å². The maximum Gasteiger partial charge on any atom is 0.0677 e. The van der Waals surface area contributed by atoms with Crippen molar-refractivity contribution in [2.75, 3.05) is 6.54 Å². The molecule has 0 aliphatic rings. The van der Waals surface area contributed by atoms with Gasteiger partial charge < -0.3 is 5.73 Å². The number of aromatic nitrogens is 3. The zero-order valence-corrected chi connectivity index (χ0v) is 11.3. The van der Waals surface area contributed by atoms with Crippen molar-refractivity contribution in [1.29, 1.82) is 0 Å². The van der Waals surface area contributed by atoms with Crippen LogP contribution in [0.2, 0.25) is 0 Å². The first-order chi connectivity index (χ1) is 8.61. The second kappa shape index (κ2) is 5.31. The molecule has 4 heteroatoms. The third kappa shape index (κ3) is 2.59. The fourth-order valence-electron chi connectivity index (χ4n) is 2.27. The number of nitrogens with zero attached hydrogens (tertiary/aromatic N) is 3. The van der Waals surface area contributed by atoms with Gasteiger partial charge in [0.1, 0.15) is 0 Å². The van der Waals surface area contributed by atoms with E-state index in [1.54, 1.807) is 0 Å². The van der Waals surface area contributed by atoms with Crippen LogP contribution in [0, 0.1) is 20.8 Å². The van der Waals surface area contributed by atoms with Crippen LogP contribution >= 0.6 is 0 Å². The molecule has 0 aromatic carbocycles. The Morgan fingerprint density at radius 1 is 1.22 bits per heavy atom. The zero-order chi connectivity index (χ0) is 13.1. The predicted octanol–water partition coefficient (Wildman–Crippen LogP) is 1.75. The number of hydrogen-bond acceptors (Lipinski definition) is 3. The van der Waals surface area contributed by atoms with E-state index < -0.39 is 0 Å². The van der Waals surface area contributed by atoms with Gasteiger partial charge in [-0.3, -0.25) is 9.67 Å². The maximum absolute atomic E-state index is 5.63. The molecule has 2 heterocycles. The van der Waals surface area contributed by atoms with Gasteiger partial charge in [-0.05, 0) is 50.4 Å². The summed E-state index contributed by atoms with van der Waals surface area (Å²) in [5, 5.41) is 4.59. The number of rotatable bonds is 4. The van der Waals surface area contributed by atoms with Crippen LogP contribution in [0.25, 0.3) is 0 Å². The van der Waals surface area contributed by atoms with Gasteiger partial charge >= 0.3 is 0 Å². The van der Waals surface area contributed by atoms with Crippen LogP contribution in [0.3, 0.4) is 0 Å². The van der Waals surface area contributed by atoms with Crippen molar-refractivity contribution in [3.8, 4) is 0 Å². The summed E-state index contributed by atoms with van der Waals surface area (Å²) in [5.74, 6) is 0. The topological polar surface area (TPSA) is 56.7 Å². The number of pyridine rings is 1. The lowest BCUT2D eigenvalue weighted by atomic mass is 10.1. The molecule has 2 N–H and O–H groups in total. The molecule has 96 valence electrons. The smallest absolute Gasteiger partial charge is 0.0677 e. The molecule has 0 unspecified atom stereocenters. The quantitative estimate of drug-likeness (QED) is 0.891. The lowest BCUT2D eigenvalue weighted by molar-refractivity contribution is 0.656. The van der Waals surface area contributed by atoms with E-state index in [2.05, 4.69) is 30.0 Å². The normalized spacial score (nSPS) is 10.9.